The molecule has 7 nitrogen and oxygen atoms in total. The molecule has 1 N–H and O–H groups in total. The first-order chi connectivity index (χ1) is 15.1. The van der Waals surface area contributed by atoms with E-state index in [1.54, 1.807) is 0 Å². The largest absolute Gasteiger partial charge is 0.318 e. The number of aromatic nitrogens is 1. The highest BCUT2D eigenvalue weighted by molar-refractivity contribution is 7.92. The van der Waals surface area contributed by atoms with Crippen LogP contribution in [0.1, 0.15) is 22.5 Å². The van der Waals surface area contributed by atoms with Gasteiger partial charge in [0.05, 0.1) is 18.2 Å². The zero-order valence-electron chi connectivity index (χ0n) is 18.3. The second-order valence-corrected chi connectivity index (χ2v) is 9.45. The van der Waals surface area contributed by atoms with E-state index in [0.717, 1.165) is 39.3 Å². The van der Waals surface area contributed by atoms with Crippen molar-refractivity contribution in [3.8, 4) is 5.69 Å². The van der Waals surface area contributed by atoms with Crippen LogP contribution < -0.4 is 9.73 Å². The molecule has 0 saturated carbocycles. The molecule has 0 unspecified atom stereocenters. The Morgan fingerprint density at radius 2 is 1.81 bits per heavy atom. The van der Waals surface area contributed by atoms with Crippen LogP contribution in [0.15, 0.2) is 59.7 Å². The molecule has 2 aromatic carbocycles. The summed E-state index contributed by atoms with van der Waals surface area (Å²) in [7, 11) is -3.80. The Morgan fingerprint density at radius 1 is 1.12 bits per heavy atom. The van der Waals surface area contributed by atoms with E-state index >= 15 is 0 Å². The Kier molecular flexibility index (Phi) is 6.78. The monoisotopic (exact) mass is 456 g/mol. The fourth-order valence-corrected chi connectivity index (χ4v) is 4.23. The Balaban J connectivity index is 1.73. The Bertz CT molecular complexity index is 1260. The molecule has 9 heteroatoms. The minimum absolute atomic E-state index is 0.0632. The first-order valence-electron chi connectivity index (χ1n) is 9.87. The minimum atomic E-state index is -3.80. The van der Waals surface area contributed by atoms with Gasteiger partial charge in [-0.25, -0.2) is 18.2 Å². The van der Waals surface area contributed by atoms with Gasteiger partial charge in [0.2, 0.25) is 10.0 Å². The van der Waals surface area contributed by atoms with Crippen LogP contribution in [0.4, 0.5) is 10.1 Å². The van der Waals surface area contributed by atoms with Crippen LogP contribution >= 0.6 is 0 Å². The quantitative estimate of drug-likeness (QED) is 0.437. The van der Waals surface area contributed by atoms with E-state index in [4.69, 9.17) is 0 Å². The Labute approximate surface area is 187 Å². The summed E-state index contributed by atoms with van der Waals surface area (Å²) >= 11 is 0. The van der Waals surface area contributed by atoms with Crippen molar-refractivity contribution < 1.29 is 17.6 Å². The molecule has 0 bridgehead atoms. The standard InChI is InChI=1S/C23H25FN4O3S/c1-16-8-10-21(11-9-16)28-17(2)12-19(18(28)3)14-25-26-23(29)15-27(32(4,30)31)22-7-5-6-20(24)13-22/h5-14H,15H2,1-4H3,(H,26,29)/b25-14-. The number of carbonyl (C=O) groups excluding carboxylic acids is 1. The molecule has 0 atom stereocenters. The smallest absolute Gasteiger partial charge is 0.260 e. The first kappa shape index (κ1) is 23.2. The van der Waals surface area contributed by atoms with Gasteiger partial charge in [-0.05, 0) is 57.2 Å². The number of amides is 1. The fraction of sp³-hybridized carbons (Fsp3) is 0.217. The first-order valence-corrected chi connectivity index (χ1v) is 11.7. The van der Waals surface area contributed by atoms with Gasteiger partial charge in [0.15, 0.2) is 0 Å². The van der Waals surface area contributed by atoms with Crippen LogP contribution in [0.5, 0.6) is 0 Å². The van der Waals surface area contributed by atoms with Crippen molar-refractivity contribution in [3.63, 3.8) is 0 Å². The number of sulfonamides is 1. The van der Waals surface area contributed by atoms with E-state index in [0.29, 0.717) is 0 Å². The van der Waals surface area contributed by atoms with Crippen molar-refractivity contribution in [2.24, 2.45) is 5.10 Å². The number of aryl methyl sites for hydroxylation is 2. The normalized spacial score (nSPS) is 11.7. The van der Waals surface area contributed by atoms with Crippen molar-refractivity contribution in [3.05, 3.63) is 82.9 Å². The Morgan fingerprint density at radius 3 is 2.44 bits per heavy atom. The lowest BCUT2D eigenvalue weighted by molar-refractivity contribution is -0.119. The summed E-state index contributed by atoms with van der Waals surface area (Å²) in [5.74, 6) is -1.25. The molecule has 0 aliphatic carbocycles. The van der Waals surface area contributed by atoms with Gasteiger partial charge in [-0.3, -0.25) is 9.10 Å². The molecular formula is C23H25FN4O3S. The third-order valence-electron chi connectivity index (χ3n) is 4.94. The summed E-state index contributed by atoms with van der Waals surface area (Å²) in [6.45, 7) is 5.43. The summed E-state index contributed by atoms with van der Waals surface area (Å²) in [6, 6.07) is 15.1. The number of rotatable bonds is 7. The predicted octanol–water partition coefficient (Wildman–Crippen LogP) is 3.46. The number of nitrogens with one attached hydrogen (secondary N) is 1. The van der Waals surface area contributed by atoms with Gasteiger partial charge in [-0.1, -0.05) is 23.8 Å². The molecule has 0 saturated heterocycles. The molecule has 0 aliphatic heterocycles. The maximum absolute atomic E-state index is 13.5. The average molecular weight is 457 g/mol. The number of benzene rings is 2. The van der Waals surface area contributed by atoms with Crippen LogP contribution in [0.2, 0.25) is 0 Å². The van der Waals surface area contributed by atoms with Gasteiger partial charge in [0.1, 0.15) is 12.4 Å². The maximum atomic E-state index is 13.5. The number of anilines is 1. The minimum Gasteiger partial charge on any atom is -0.318 e. The highest BCUT2D eigenvalue weighted by Gasteiger charge is 2.21. The summed E-state index contributed by atoms with van der Waals surface area (Å²) in [5, 5.41) is 3.98. The molecule has 3 aromatic rings. The van der Waals surface area contributed by atoms with E-state index in [1.807, 2.05) is 51.1 Å². The van der Waals surface area contributed by atoms with Crippen molar-refractivity contribution in [1.29, 1.82) is 0 Å². The van der Waals surface area contributed by atoms with Crippen molar-refractivity contribution in [2.45, 2.75) is 20.8 Å². The third-order valence-corrected chi connectivity index (χ3v) is 6.08. The summed E-state index contributed by atoms with van der Waals surface area (Å²) in [6.07, 6.45) is 2.46. The molecular weight excluding hydrogens is 431 g/mol. The third kappa shape index (κ3) is 5.42. The highest BCUT2D eigenvalue weighted by atomic mass is 32.2. The molecule has 168 valence electrons. The van der Waals surface area contributed by atoms with Crippen LogP contribution in [0.25, 0.3) is 5.69 Å². The van der Waals surface area contributed by atoms with Crippen molar-refractivity contribution in [2.75, 3.05) is 17.1 Å². The summed E-state index contributed by atoms with van der Waals surface area (Å²) < 4.78 is 40.6. The number of halogens is 1. The molecule has 1 amide bonds. The second kappa shape index (κ2) is 9.35. The zero-order chi connectivity index (χ0) is 23.5. The lowest BCUT2D eigenvalue weighted by atomic mass is 10.2. The van der Waals surface area contributed by atoms with Crippen molar-refractivity contribution >= 4 is 27.8 Å². The average Bonchev–Trinajstić information content (AvgIpc) is 2.99. The van der Waals surface area contributed by atoms with E-state index in [9.17, 15) is 17.6 Å². The predicted molar refractivity (Wildman–Crippen MR) is 124 cm³/mol. The van der Waals surface area contributed by atoms with Gasteiger partial charge < -0.3 is 4.57 Å². The number of hydrogen-bond acceptors (Lipinski definition) is 4. The lowest BCUT2D eigenvalue weighted by Crippen LogP contribution is -2.39. The maximum Gasteiger partial charge on any atom is 0.260 e. The number of nitrogens with zero attached hydrogens (tertiary/aromatic N) is 3. The number of carbonyl (C=O) groups is 1. The second-order valence-electron chi connectivity index (χ2n) is 7.54. The highest BCUT2D eigenvalue weighted by Crippen LogP contribution is 2.20. The number of hydrogen-bond donors (Lipinski definition) is 1. The van der Waals surface area contributed by atoms with Crippen LogP contribution in [-0.2, 0) is 14.8 Å². The molecule has 0 radical (unpaired) electrons. The van der Waals surface area contributed by atoms with E-state index in [2.05, 4.69) is 15.1 Å². The topological polar surface area (TPSA) is 83.8 Å². The lowest BCUT2D eigenvalue weighted by Gasteiger charge is -2.21. The molecule has 3 rings (SSSR count). The Hall–Kier alpha value is -3.46. The summed E-state index contributed by atoms with van der Waals surface area (Å²) in [5.41, 5.74) is 7.36. The van der Waals surface area contributed by atoms with E-state index in [-0.39, 0.29) is 5.69 Å². The fourth-order valence-electron chi connectivity index (χ4n) is 3.38. The van der Waals surface area contributed by atoms with Crippen molar-refractivity contribution in [1.82, 2.24) is 9.99 Å². The SMILES string of the molecule is Cc1ccc(-n2c(C)cc(/C=N\NC(=O)CN(c3cccc(F)c3)S(C)(=O)=O)c2C)cc1. The molecule has 32 heavy (non-hydrogen) atoms. The molecule has 0 spiro atoms. The zero-order valence-corrected chi connectivity index (χ0v) is 19.1. The van der Waals surface area contributed by atoms with E-state index in [1.165, 1.54) is 30.0 Å². The molecule has 0 fully saturated rings. The van der Waals surface area contributed by atoms with Crippen LogP contribution in [-0.4, -0.2) is 37.9 Å². The van der Waals surface area contributed by atoms with Gasteiger partial charge in [-0.15, -0.1) is 0 Å². The summed E-state index contributed by atoms with van der Waals surface area (Å²) in [4.78, 5) is 12.3. The van der Waals surface area contributed by atoms with Crippen LogP contribution in [0.3, 0.4) is 0 Å². The van der Waals surface area contributed by atoms with Gasteiger partial charge in [0, 0.05) is 22.6 Å². The molecule has 1 heterocycles. The van der Waals surface area contributed by atoms with E-state index < -0.39 is 28.3 Å². The van der Waals surface area contributed by atoms with Gasteiger partial charge in [0.25, 0.3) is 5.91 Å². The molecule has 1 aromatic heterocycles. The molecule has 0 aliphatic rings. The number of hydrazone groups is 1. The van der Waals surface area contributed by atoms with Gasteiger partial charge >= 0.3 is 0 Å². The van der Waals surface area contributed by atoms with Crippen LogP contribution in [0, 0.1) is 26.6 Å². The van der Waals surface area contributed by atoms with Gasteiger partial charge in [-0.2, -0.15) is 5.10 Å².